The lowest BCUT2D eigenvalue weighted by Gasteiger charge is -2.20. The van der Waals surface area contributed by atoms with Crippen LogP contribution in [0.25, 0.3) is 11.1 Å². The largest absolute Gasteiger partial charge is 0.486 e. The third kappa shape index (κ3) is 4.90. The van der Waals surface area contributed by atoms with E-state index in [1.165, 1.54) is 0 Å². The Morgan fingerprint density at radius 3 is 2.50 bits per heavy atom. The highest BCUT2D eigenvalue weighted by Crippen LogP contribution is 2.39. The molecule has 0 fully saturated rings. The average Bonchev–Trinajstić information content (AvgIpc) is 3.02. The van der Waals surface area contributed by atoms with Gasteiger partial charge in [0.1, 0.15) is 17.5 Å². The number of fused-ring (bicyclic) bond motifs is 1. The Kier molecular flexibility index (Phi) is 5.75. The van der Waals surface area contributed by atoms with Crippen LogP contribution in [0.15, 0.2) is 36.4 Å². The van der Waals surface area contributed by atoms with Gasteiger partial charge in [0.05, 0.1) is 11.6 Å². The molecule has 0 bridgehead atoms. The standard InChI is InChI=1S/C22H27ClN2O3/c1-22(2,3)28-21(26)24-13-18-11-16-10-15(12-19(23)20(16)27-18)14-6-8-17(9-7-14)25(4)5/h6-10,12,18H,11,13H2,1-5H3,(H,24,26). The Morgan fingerprint density at radius 2 is 1.89 bits per heavy atom. The molecule has 28 heavy (non-hydrogen) atoms. The second kappa shape index (κ2) is 7.92. The number of amides is 1. The molecule has 2 aromatic carbocycles. The molecule has 150 valence electrons. The molecule has 0 aliphatic carbocycles. The van der Waals surface area contributed by atoms with Crippen LogP contribution < -0.4 is 15.0 Å². The summed E-state index contributed by atoms with van der Waals surface area (Å²) in [5.41, 5.74) is 3.83. The molecule has 0 spiro atoms. The first-order valence-corrected chi connectivity index (χ1v) is 9.74. The van der Waals surface area contributed by atoms with E-state index in [1.54, 1.807) is 0 Å². The second-order valence-corrected chi connectivity index (χ2v) is 8.62. The number of nitrogens with zero attached hydrogens (tertiary/aromatic N) is 1. The van der Waals surface area contributed by atoms with Crippen molar-refractivity contribution in [2.75, 3.05) is 25.5 Å². The van der Waals surface area contributed by atoms with Crippen molar-refractivity contribution in [3.05, 3.63) is 47.0 Å². The third-order valence-corrected chi connectivity index (χ3v) is 4.72. The Bertz CT molecular complexity index is 857. The average molecular weight is 403 g/mol. The number of ether oxygens (including phenoxy) is 2. The number of carbonyl (C=O) groups excluding carboxylic acids is 1. The molecule has 1 aliphatic heterocycles. The van der Waals surface area contributed by atoms with Gasteiger partial charge < -0.3 is 19.7 Å². The highest BCUT2D eigenvalue weighted by Gasteiger charge is 2.27. The molecule has 1 atom stereocenters. The maximum atomic E-state index is 11.9. The Morgan fingerprint density at radius 1 is 1.21 bits per heavy atom. The molecular weight excluding hydrogens is 376 g/mol. The van der Waals surface area contributed by atoms with E-state index in [4.69, 9.17) is 21.1 Å². The number of halogens is 1. The van der Waals surface area contributed by atoms with Gasteiger partial charge in [-0.2, -0.15) is 0 Å². The van der Waals surface area contributed by atoms with Gasteiger partial charge in [0.25, 0.3) is 0 Å². The first-order chi connectivity index (χ1) is 13.1. The summed E-state index contributed by atoms with van der Waals surface area (Å²) in [5, 5.41) is 3.35. The molecule has 1 N–H and O–H groups in total. The molecule has 3 rings (SSSR count). The summed E-state index contributed by atoms with van der Waals surface area (Å²) in [5.74, 6) is 0.700. The first kappa shape index (κ1) is 20.3. The van der Waals surface area contributed by atoms with Crippen LogP contribution in [0.1, 0.15) is 26.3 Å². The number of benzene rings is 2. The van der Waals surface area contributed by atoms with Crippen LogP contribution in [0.5, 0.6) is 5.75 Å². The predicted octanol–water partition coefficient (Wildman–Crippen LogP) is 4.90. The van der Waals surface area contributed by atoms with E-state index >= 15 is 0 Å². The minimum absolute atomic E-state index is 0.161. The van der Waals surface area contributed by atoms with E-state index in [2.05, 4.69) is 40.5 Å². The minimum atomic E-state index is -0.524. The first-order valence-electron chi connectivity index (χ1n) is 9.36. The maximum Gasteiger partial charge on any atom is 0.407 e. The van der Waals surface area contributed by atoms with Crippen molar-refractivity contribution in [3.63, 3.8) is 0 Å². The van der Waals surface area contributed by atoms with Crippen LogP contribution in [0.4, 0.5) is 10.5 Å². The zero-order valence-electron chi connectivity index (χ0n) is 17.0. The lowest BCUT2D eigenvalue weighted by molar-refractivity contribution is 0.0506. The van der Waals surface area contributed by atoms with E-state index < -0.39 is 11.7 Å². The molecular formula is C22H27ClN2O3. The van der Waals surface area contributed by atoms with Gasteiger partial charge in [0, 0.05) is 31.8 Å². The van der Waals surface area contributed by atoms with Crippen molar-refractivity contribution >= 4 is 23.4 Å². The van der Waals surface area contributed by atoms with Crippen LogP contribution in [-0.4, -0.2) is 38.4 Å². The molecule has 0 aromatic heterocycles. The van der Waals surface area contributed by atoms with Crippen molar-refractivity contribution in [2.24, 2.45) is 0 Å². The predicted molar refractivity (Wildman–Crippen MR) is 114 cm³/mol. The van der Waals surface area contributed by atoms with Crippen molar-refractivity contribution in [1.29, 1.82) is 0 Å². The van der Waals surface area contributed by atoms with Crippen molar-refractivity contribution in [2.45, 2.75) is 38.9 Å². The van der Waals surface area contributed by atoms with Gasteiger partial charge in [-0.15, -0.1) is 0 Å². The fraction of sp³-hybridized carbons (Fsp3) is 0.409. The topological polar surface area (TPSA) is 50.8 Å². The van der Waals surface area contributed by atoms with E-state index in [0.29, 0.717) is 23.7 Å². The number of nitrogens with one attached hydrogen (secondary N) is 1. The Labute approximate surface area is 171 Å². The summed E-state index contributed by atoms with van der Waals surface area (Å²) in [6, 6.07) is 12.4. The van der Waals surface area contributed by atoms with Gasteiger partial charge in [-0.3, -0.25) is 0 Å². The number of anilines is 1. The van der Waals surface area contributed by atoms with E-state index in [9.17, 15) is 4.79 Å². The van der Waals surface area contributed by atoms with E-state index in [-0.39, 0.29) is 6.10 Å². The van der Waals surface area contributed by atoms with Crippen LogP contribution in [0, 0.1) is 0 Å². The molecule has 1 heterocycles. The van der Waals surface area contributed by atoms with Gasteiger partial charge in [0.15, 0.2) is 0 Å². The van der Waals surface area contributed by atoms with Crippen LogP contribution >= 0.6 is 11.6 Å². The second-order valence-electron chi connectivity index (χ2n) is 8.21. The van der Waals surface area contributed by atoms with Gasteiger partial charge >= 0.3 is 6.09 Å². The van der Waals surface area contributed by atoms with Gasteiger partial charge in [-0.05, 0) is 56.2 Å². The normalized spacial score (nSPS) is 15.6. The highest BCUT2D eigenvalue weighted by atomic mass is 35.5. The number of alkyl carbamates (subject to hydrolysis) is 1. The van der Waals surface area contributed by atoms with Crippen molar-refractivity contribution in [3.8, 4) is 16.9 Å². The van der Waals surface area contributed by atoms with E-state index in [1.807, 2.05) is 40.9 Å². The zero-order chi connectivity index (χ0) is 20.5. The number of rotatable bonds is 4. The summed E-state index contributed by atoms with van der Waals surface area (Å²) in [6.45, 7) is 5.87. The molecule has 1 unspecified atom stereocenters. The smallest absolute Gasteiger partial charge is 0.407 e. The van der Waals surface area contributed by atoms with Crippen LogP contribution in [-0.2, 0) is 11.2 Å². The summed E-state index contributed by atoms with van der Waals surface area (Å²) in [4.78, 5) is 13.9. The van der Waals surface area contributed by atoms with Gasteiger partial charge in [-0.1, -0.05) is 23.7 Å². The van der Waals surface area contributed by atoms with Crippen LogP contribution in [0.2, 0.25) is 5.02 Å². The van der Waals surface area contributed by atoms with E-state index in [0.717, 1.165) is 22.4 Å². The minimum Gasteiger partial charge on any atom is -0.486 e. The van der Waals surface area contributed by atoms with Gasteiger partial charge in [-0.25, -0.2) is 4.79 Å². The molecule has 0 saturated heterocycles. The van der Waals surface area contributed by atoms with Crippen molar-refractivity contribution < 1.29 is 14.3 Å². The monoisotopic (exact) mass is 402 g/mol. The molecule has 0 radical (unpaired) electrons. The summed E-state index contributed by atoms with van der Waals surface area (Å²) < 4.78 is 11.2. The summed E-state index contributed by atoms with van der Waals surface area (Å²) in [7, 11) is 4.04. The van der Waals surface area contributed by atoms with Gasteiger partial charge in [0.2, 0.25) is 0 Å². The summed E-state index contributed by atoms with van der Waals surface area (Å²) in [6.07, 6.45) is 0.0836. The third-order valence-electron chi connectivity index (χ3n) is 4.44. The highest BCUT2D eigenvalue weighted by molar-refractivity contribution is 6.32. The zero-order valence-corrected chi connectivity index (χ0v) is 17.8. The number of hydrogen-bond donors (Lipinski definition) is 1. The lowest BCUT2D eigenvalue weighted by Crippen LogP contribution is -2.38. The summed E-state index contributed by atoms with van der Waals surface area (Å²) >= 11 is 6.48. The Balaban J connectivity index is 1.68. The fourth-order valence-electron chi connectivity index (χ4n) is 3.13. The fourth-order valence-corrected chi connectivity index (χ4v) is 3.41. The SMILES string of the molecule is CN(C)c1ccc(-c2cc(Cl)c3c(c2)CC(CNC(=O)OC(C)(C)C)O3)cc1. The Hall–Kier alpha value is -2.40. The molecule has 0 saturated carbocycles. The molecule has 5 nitrogen and oxygen atoms in total. The molecule has 2 aromatic rings. The lowest BCUT2D eigenvalue weighted by atomic mass is 10.0. The quantitative estimate of drug-likeness (QED) is 0.790. The molecule has 6 heteroatoms. The number of carbonyl (C=O) groups is 1. The number of hydrogen-bond acceptors (Lipinski definition) is 4. The maximum absolute atomic E-state index is 11.9. The van der Waals surface area contributed by atoms with Crippen molar-refractivity contribution in [1.82, 2.24) is 5.32 Å². The molecule has 1 amide bonds. The van der Waals surface area contributed by atoms with Crippen LogP contribution in [0.3, 0.4) is 0 Å². The molecule has 1 aliphatic rings.